The van der Waals surface area contributed by atoms with Crippen LogP contribution in [0.25, 0.3) is 17.1 Å². The summed E-state index contributed by atoms with van der Waals surface area (Å²) >= 11 is 1.29. The van der Waals surface area contributed by atoms with E-state index in [1.165, 1.54) is 17.8 Å². The van der Waals surface area contributed by atoms with Crippen LogP contribution >= 0.6 is 11.8 Å². The molecule has 1 amide bonds. The van der Waals surface area contributed by atoms with Gasteiger partial charge in [0, 0.05) is 23.4 Å². The minimum atomic E-state index is -0.332. The van der Waals surface area contributed by atoms with Crippen LogP contribution in [0.2, 0.25) is 0 Å². The number of nitrogens with one attached hydrogen (secondary N) is 1. The maximum absolute atomic E-state index is 13.7. The van der Waals surface area contributed by atoms with Crippen molar-refractivity contribution in [1.29, 1.82) is 0 Å². The zero-order chi connectivity index (χ0) is 20.8. The van der Waals surface area contributed by atoms with Gasteiger partial charge in [0.25, 0.3) is 0 Å². The van der Waals surface area contributed by atoms with E-state index in [0.29, 0.717) is 16.5 Å². The number of benzene rings is 3. The maximum Gasteiger partial charge on any atom is 0.230 e. The predicted molar refractivity (Wildman–Crippen MR) is 116 cm³/mol. The van der Waals surface area contributed by atoms with Gasteiger partial charge in [0.15, 0.2) is 11.0 Å². The summed E-state index contributed by atoms with van der Waals surface area (Å²) in [5.41, 5.74) is 2.30. The fourth-order valence-electron chi connectivity index (χ4n) is 2.96. The van der Waals surface area contributed by atoms with Crippen LogP contribution in [0.5, 0.6) is 0 Å². The van der Waals surface area contributed by atoms with E-state index >= 15 is 0 Å². The van der Waals surface area contributed by atoms with Gasteiger partial charge in [0.05, 0.1) is 5.75 Å². The summed E-state index contributed by atoms with van der Waals surface area (Å²) in [6, 6.07) is 26.0. The number of rotatable bonds is 7. The molecule has 0 bridgehead atoms. The Morgan fingerprint density at radius 3 is 2.30 bits per heavy atom. The Kier molecular flexibility index (Phi) is 6.20. The topological polar surface area (TPSA) is 59.8 Å². The van der Waals surface area contributed by atoms with E-state index in [4.69, 9.17) is 0 Å². The predicted octanol–water partition coefficient (Wildman–Crippen LogP) is 4.48. The van der Waals surface area contributed by atoms with E-state index in [9.17, 15) is 9.18 Å². The number of hydrogen-bond donors (Lipinski definition) is 1. The number of carbonyl (C=O) groups is 1. The van der Waals surface area contributed by atoms with Crippen molar-refractivity contribution in [2.24, 2.45) is 0 Å². The van der Waals surface area contributed by atoms with Gasteiger partial charge in [-0.05, 0) is 18.2 Å². The number of halogens is 1. The summed E-state index contributed by atoms with van der Waals surface area (Å²) in [5, 5.41) is 12.0. The zero-order valence-corrected chi connectivity index (χ0v) is 16.8. The Balaban J connectivity index is 1.51. The highest BCUT2D eigenvalue weighted by molar-refractivity contribution is 7.99. The Morgan fingerprint density at radius 2 is 1.57 bits per heavy atom. The molecule has 30 heavy (non-hydrogen) atoms. The van der Waals surface area contributed by atoms with Crippen molar-refractivity contribution in [1.82, 2.24) is 20.1 Å². The van der Waals surface area contributed by atoms with Gasteiger partial charge in [-0.25, -0.2) is 4.39 Å². The van der Waals surface area contributed by atoms with Crippen molar-refractivity contribution in [2.75, 3.05) is 5.75 Å². The second kappa shape index (κ2) is 9.37. The Hall–Kier alpha value is -3.45. The molecule has 0 aliphatic rings. The molecule has 7 heteroatoms. The quantitative estimate of drug-likeness (QED) is 0.450. The van der Waals surface area contributed by atoms with Gasteiger partial charge in [0.1, 0.15) is 5.82 Å². The molecule has 150 valence electrons. The minimum absolute atomic E-state index is 0.146. The Bertz CT molecular complexity index is 1130. The third-order valence-electron chi connectivity index (χ3n) is 4.45. The SMILES string of the molecule is O=C(CSc1nnc(-c2ccccc2)n1-c1ccccc1)NCc1ccccc1F. The molecule has 0 saturated carbocycles. The second-order valence-electron chi connectivity index (χ2n) is 6.50. The summed E-state index contributed by atoms with van der Waals surface area (Å²) < 4.78 is 15.7. The molecule has 0 fully saturated rings. The van der Waals surface area contributed by atoms with E-state index in [-0.39, 0.29) is 24.0 Å². The summed E-state index contributed by atoms with van der Waals surface area (Å²) in [6.45, 7) is 0.146. The smallest absolute Gasteiger partial charge is 0.230 e. The first kappa shape index (κ1) is 19.8. The molecule has 0 radical (unpaired) electrons. The lowest BCUT2D eigenvalue weighted by molar-refractivity contribution is -0.118. The van der Waals surface area contributed by atoms with Crippen LogP contribution in [0, 0.1) is 5.82 Å². The zero-order valence-electron chi connectivity index (χ0n) is 16.0. The van der Waals surface area contributed by atoms with E-state index < -0.39 is 0 Å². The summed E-state index contributed by atoms with van der Waals surface area (Å²) in [4.78, 5) is 12.3. The molecular formula is C23H19FN4OS. The number of para-hydroxylation sites is 1. The molecule has 0 spiro atoms. The van der Waals surface area contributed by atoms with E-state index in [1.54, 1.807) is 18.2 Å². The van der Waals surface area contributed by atoms with Crippen LogP contribution in [0.4, 0.5) is 4.39 Å². The third-order valence-corrected chi connectivity index (χ3v) is 5.37. The van der Waals surface area contributed by atoms with Crippen molar-refractivity contribution in [3.05, 3.63) is 96.3 Å². The average molecular weight is 418 g/mol. The number of amides is 1. The molecule has 4 aromatic rings. The van der Waals surface area contributed by atoms with Gasteiger partial charge in [-0.15, -0.1) is 10.2 Å². The molecule has 0 aliphatic carbocycles. The van der Waals surface area contributed by atoms with Crippen molar-refractivity contribution < 1.29 is 9.18 Å². The molecule has 0 saturated heterocycles. The van der Waals surface area contributed by atoms with Crippen LogP contribution in [-0.4, -0.2) is 26.4 Å². The lowest BCUT2D eigenvalue weighted by Crippen LogP contribution is -2.25. The van der Waals surface area contributed by atoms with Gasteiger partial charge in [-0.2, -0.15) is 0 Å². The highest BCUT2D eigenvalue weighted by Crippen LogP contribution is 2.27. The molecule has 4 rings (SSSR count). The molecule has 3 aromatic carbocycles. The van der Waals surface area contributed by atoms with Crippen molar-refractivity contribution in [3.8, 4) is 17.1 Å². The van der Waals surface area contributed by atoms with Gasteiger partial charge >= 0.3 is 0 Å². The first-order valence-electron chi connectivity index (χ1n) is 9.41. The molecule has 0 aliphatic heterocycles. The van der Waals surface area contributed by atoms with E-state index in [0.717, 1.165) is 11.3 Å². The maximum atomic E-state index is 13.7. The largest absolute Gasteiger partial charge is 0.351 e. The Labute approximate surface area is 178 Å². The van der Waals surface area contributed by atoms with Crippen molar-refractivity contribution in [2.45, 2.75) is 11.7 Å². The van der Waals surface area contributed by atoms with Crippen LogP contribution in [-0.2, 0) is 11.3 Å². The van der Waals surface area contributed by atoms with E-state index in [1.807, 2.05) is 65.2 Å². The number of hydrogen-bond acceptors (Lipinski definition) is 4. The van der Waals surface area contributed by atoms with Gasteiger partial charge in [0.2, 0.25) is 5.91 Å². The van der Waals surface area contributed by atoms with Crippen LogP contribution in [0.3, 0.4) is 0 Å². The second-order valence-corrected chi connectivity index (χ2v) is 7.44. The molecule has 0 atom stereocenters. The lowest BCUT2D eigenvalue weighted by Gasteiger charge is -2.10. The fourth-order valence-corrected chi connectivity index (χ4v) is 3.75. The number of carbonyl (C=O) groups excluding carboxylic acids is 1. The standard InChI is InChI=1S/C23H19FN4OS/c24-20-14-8-7-11-18(20)15-25-21(29)16-30-23-27-26-22(17-9-3-1-4-10-17)28(23)19-12-5-2-6-13-19/h1-14H,15-16H2,(H,25,29). The minimum Gasteiger partial charge on any atom is -0.351 e. The summed E-state index contributed by atoms with van der Waals surface area (Å²) in [7, 11) is 0. The highest BCUT2D eigenvalue weighted by atomic mass is 32.2. The third kappa shape index (κ3) is 4.58. The fraction of sp³-hybridized carbons (Fsp3) is 0.0870. The van der Waals surface area contributed by atoms with Crippen LogP contribution < -0.4 is 5.32 Å². The van der Waals surface area contributed by atoms with Crippen molar-refractivity contribution >= 4 is 17.7 Å². The van der Waals surface area contributed by atoms with E-state index in [2.05, 4.69) is 15.5 Å². The lowest BCUT2D eigenvalue weighted by atomic mass is 10.2. The monoisotopic (exact) mass is 418 g/mol. The number of thioether (sulfide) groups is 1. The average Bonchev–Trinajstić information content (AvgIpc) is 3.22. The first-order chi connectivity index (χ1) is 14.7. The van der Waals surface area contributed by atoms with Gasteiger partial charge in [-0.1, -0.05) is 78.5 Å². The van der Waals surface area contributed by atoms with Crippen LogP contribution in [0.15, 0.2) is 90.1 Å². The molecular weight excluding hydrogens is 399 g/mol. The molecule has 1 aromatic heterocycles. The highest BCUT2D eigenvalue weighted by Gasteiger charge is 2.17. The Morgan fingerprint density at radius 1 is 0.900 bits per heavy atom. The normalized spacial score (nSPS) is 10.7. The van der Waals surface area contributed by atoms with Gasteiger partial charge < -0.3 is 5.32 Å². The first-order valence-corrected chi connectivity index (χ1v) is 10.4. The summed E-state index contributed by atoms with van der Waals surface area (Å²) in [6.07, 6.45) is 0. The summed E-state index contributed by atoms with van der Waals surface area (Å²) in [5.74, 6) is 0.318. The number of nitrogens with zero attached hydrogens (tertiary/aromatic N) is 3. The van der Waals surface area contributed by atoms with Gasteiger partial charge in [-0.3, -0.25) is 9.36 Å². The van der Waals surface area contributed by atoms with Crippen molar-refractivity contribution in [3.63, 3.8) is 0 Å². The molecule has 1 N–H and O–H groups in total. The molecule has 5 nitrogen and oxygen atoms in total. The van der Waals surface area contributed by atoms with Crippen LogP contribution in [0.1, 0.15) is 5.56 Å². The molecule has 0 unspecified atom stereocenters. The number of aromatic nitrogens is 3. The molecule has 1 heterocycles.